The molecule has 0 aliphatic rings. The van der Waals surface area contributed by atoms with Crippen LogP contribution >= 0.6 is 0 Å². The van der Waals surface area contributed by atoms with Gasteiger partial charge in [0, 0.05) is 29.9 Å². The minimum Gasteiger partial charge on any atom is -0.493 e. The van der Waals surface area contributed by atoms with Gasteiger partial charge in [0.15, 0.2) is 11.5 Å². The summed E-state index contributed by atoms with van der Waals surface area (Å²) in [6.45, 7) is 5.50. The summed E-state index contributed by atoms with van der Waals surface area (Å²) in [4.78, 5) is 27.5. The summed E-state index contributed by atoms with van der Waals surface area (Å²) in [6.07, 6.45) is 1.78. The van der Waals surface area contributed by atoms with E-state index in [9.17, 15) is 9.59 Å². The van der Waals surface area contributed by atoms with Gasteiger partial charge in [0.2, 0.25) is 5.75 Å². The molecule has 1 N–H and O–H groups in total. The molecule has 30 heavy (non-hydrogen) atoms. The minimum atomic E-state index is -0.349. The van der Waals surface area contributed by atoms with Gasteiger partial charge >= 0.3 is 0 Å². The number of ether oxygens (including phenoxy) is 3. The van der Waals surface area contributed by atoms with Gasteiger partial charge in [-0.2, -0.15) is 0 Å². The predicted molar refractivity (Wildman–Crippen MR) is 117 cm³/mol. The van der Waals surface area contributed by atoms with Crippen LogP contribution in [0.1, 0.15) is 47.4 Å². The van der Waals surface area contributed by atoms with Crippen LogP contribution in [0, 0.1) is 0 Å². The van der Waals surface area contributed by atoms with Crippen molar-refractivity contribution >= 4 is 17.5 Å². The normalized spacial score (nSPS) is 10.3. The summed E-state index contributed by atoms with van der Waals surface area (Å²) < 4.78 is 15.9. The Kier molecular flexibility index (Phi) is 8.53. The second kappa shape index (κ2) is 11.1. The molecule has 0 fully saturated rings. The lowest BCUT2D eigenvalue weighted by Crippen LogP contribution is -2.32. The number of nitrogens with one attached hydrogen (secondary N) is 1. The Balaban J connectivity index is 2.26. The molecule has 0 heterocycles. The maximum Gasteiger partial charge on any atom is 0.255 e. The van der Waals surface area contributed by atoms with E-state index in [-0.39, 0.29) is 11.8 Å². The molecule has 2 amide bonds. The SMILES string of the molecule is CCCN(CCC)C(=O)c1cccc(NC(=O)c2cc(OC)c(OC)c(OC)c2)c1. The Morgan fingerprint density at radius 1 is 0.867 bits per heavy atom. The molecular formula is C23H30N2O5. The summed E-state index contributed by atoms with van der Waals surface area (Å²) in [5.41, 5.74) is 1.42. The third-order valence-electron chi connectivity index (χ3n) is 4.57. The third kappa shape index (κ3) is 5.43. The molecule has 0 aromatic heterocycles. The topological polar surface area (TPSA) is 77.1 Å². The van der Waals surface area contributed by atoms with Crippen LogP contribution in [0.5, 0.6) is 17.2 Å². The smallest absolute Gasteiger partial charge is 0.255 e. The van der Waals surface area contributed by atoms with Crippen LogP contribution in [-0.4, -0.2) is 51.1 Å². The lowest BCUT2D eigenvalue weighted by Gasteiger charge is -2.21. The zero-order valence-electron chi connectivity index (χ0n) is 18.3. The number of nitrogens with zero attached hydrogens (tertiary/aromatic N) is 1. The molecule has 7 heteroatoms. The summed E-state index contributed by atoms with van der Waals surface area (Å²) in [6, 6.07) is 10.1. The second-order valence-electron chi connectivity index (χ2n) is 6.74. The first kappa shape index (κ1) is 23.1. The average Bonchev–Trinajstić information content (AvgIpc) is 2.77. The van der Waals surface area contributed by atoms with E-state index in [2.05, 4.69) is 5.32 Å². The third-order valence-corrected chi connectivity index (χ3v) is 4.57. The highest BCUT2D eigenvalue weighted by atomic mass is 16.5. The summed E-state index contributed by atoms with van der Waals surface area (Å²) in [5.74, 6) is 0.804. The Hall–Kier alpha value is -3.22. The Bertz CT molecular complexity index is 851. The lowest BCUT2D eigenvalue weighted by atomic mass is 10.1. The highest BCUT2D eigenvalue weighted by Crippen LogP contribution is 2.38. The predicted octanol–water partition coefficient (Wildman–Crippen LogP) is 4.23. The molecule has 0 saturated heterocycles. The van der Waals surface area contributed by atoms with Gasteiger partial charge in [0.05, 0.1) is 21.3 Å². The fraction of sp³-hybridized carbons (Fsp3) is 0.391. The van der Waals surface area contributed by atoms with Crippen molar-refractivity contribution in [3.8, 4) is 17.2 Å². The number of carbonyl (C=O) groups excluding carboxylic acids is 2. The average molecular weight is 415 g/mol. The van der Waals surface area contributed by atoms with Gasteiger partial charge in [-0.25, -0.2) is 0 Å². The van der Waals surface area contributed by atoms with Gasteiger partial charge < -0.3 is 24.4 Å². The number of benzene rings is 2. The standard InChI is InChI=1S/C23H30N2O5/c1-6-11-25(12-7-2)23(27)16-9-8-10-18(13-16)24-22(26)17-14-19(28-3)21(30-5)20(15-17)29-4/h8-10,13-15H,6-7,11-12H2,1-5H3,(H,24,26). The molecular weight excluding hydrogens is 384 g/mol. The van der Waals surface area contributed by atoms with E-state index in [0.717, 1.165) is 12.8 Å². The van der Waals surface area contributed by atoms with Gasteiger partial charge in [0.25, 0.3) is 11.8 Å². The van der Waals surface area contributed by atoms with E-state index in [1.54, 1.807) is 36.4 Å². The molecule has 2 aromatic rings. The second-order valence-corrected chi connectivity index (χ2v) is 6.74. The molecule has 0 atom stereocenters. The van der Waals surface area contributed by atoms with Crippen molar-refractivity contribution in [3.05, 3.63) is 47.5 Å². The molecule has 0 radical (unpaired) electrons. The van der Waals surface area contributed by atoms with Crippen LogP contribution < -0.4 is 19.5 Å². The largest absolute Gasteiger partial charge is 0.493 e. The van der Waals surface area contributed by atoms with Gasteiger partial charge in [0.1, 0.15) is 0 Å². The van der Waals surface area contributed by atoms with E-state index in [1.807, 2.05) is 18.7 Å². The van der Waals surface area contributed by atoms with Crippen molar-refractivity contribution < 1.29 is 23.8 Å². The van der Waals surface area contributed by atoms with Crippen molar-refractivity contribution in [1.82, 2.24) is 4.90 Å². The molecule has 0 unspecified atom stereocenters. The molecule has 0 bridgehead atoms. The maximum atomic E-state index is 12.8. The number of hydrogen-bond acceptors (Lipinski definition) is 5. The monoisotopic (exact) mass is 414 g/mol. The van der Waals surface area contributed by atoms with Crippen LogP contribution in [0.4, 0.5) is 5.69 Å². The van der Waals surface area contributed by atoms with Crippen molar-refractivity contribution in [1.29, 1.82) is 0 Å². The van der Waals surface area contributed by atoms with Crippen molar-refractivity contribution in [2.45, 2.75) is 26.7 Å². The minimum absolute atomic E-state index is 0.0393. The zero-order valence-corrected chi connectivity index (χ0v) is 18.3. The number of methoxy groups -OCH3 is 3. The number of rotatable bonds is 10. The number of hydrogen-bond donors (Lipinski definition) is 1. The quantitative estimate of drug-likeness (QED) is 0.630. The van der Waals surface area contributed by atoms with Crippen LogP contribution in [0.15, 0.2) is 36.4 Å². The Morgan fingerprint density at radius 3 is 1.97 bits per heavy atom. The van der Waals surface area contributed by atoms with E-state index in [0.29, 0.717) is 47.2 Å². The number of carbonyl (C=O) groups is 2. The van der Waals surface area contributed by atoms with Gasteiger partial charge in [-0.05, 0) is 43.2 Å². The summed E-state index contributed by atoms with van der Waals surface area (Å²) >= 11 is 0. The van der Waals surface area contributed by atoms with E-state index >= 15 is 0 Å². The fourth-order valence-electron chi connectivity index (χ4n) is 3.18. The first-order valence-electron chi connectivity index (χ1n) is 9.99. The maximum absolute atomic E-state index is 12.8. The molecule has 0 saturated carbocycles. The molecule has 7 nitrogen and oxygen atoms in total. The Labute approximate surface area is 177 Å². The number of amides is 2. The highest BCUT2D eigenvalue weighted by Gasteiger charge is 2.18. The fourth-order valence-corrected chi connectivity index (χ4v) is 3.18. The van der Waals surface area contributed by atoms with Crippen LogP contribution in [0.2, 0.25) is 0 Å². The van der Waals surface area contributed by atoms with Gasteiger partial charge in [-0.1, -0.05) is 19.9 Å². The number of anilines is 1. The van der Waals surface area contributed by atoms with Crippen molar-refractivity contribution in [2.24, 2.45) is 0 Å². The highest BCUT2D eigenvalue weighted by molar-refractivity contribution is 6.06. The molecule has 162 valence electrons. The van der Waals surface area contributed by atoms with Crippen LogP contribution in [-0.2, 0) is 0 Å². The van der Waals surface area contributed by atoms with E-state index in [1.165, 1.54) is 21.3 Å². The first-order valence-corrected chi connectivity index (χ1v) is 9.99. The summed E-state index contributed by atoms with van der Waals surface area (Å²) in [5, 5.41) is 2.83. The van der Waals surface area contributed by atoms with E-state index < -0.39 is 0 Å². The van der Waals surface area contributed by atoms with E-state index in [4.69, 9.17) is 14.2 Å². The van der Waals surface area contributed by atoms with Crippen molar-refractivity contribution in [2.75, 3.05) is 39.7 Å². The lowest BCUT2D eigenvalue weighted by molar-refractivity contribution is 0.0755. The van der Waals surface area contributed by atoms with Crippen LogP contribution in [0.25, 0.3) is 0 Å². The molecule has 0 aliphatic carbocycles. The molecule has 2 aromatic carbocycles. The summed E-state index contributed by atoms with van der Waals surface area (Å²) in [7, 11) is 4.49. The van der Waals surface area contributed by atoms with Crippen molar-refractivity contribution in [3.63, 3.8) is 0 Å². The van der Waals surface area contributed by atoms with Gasteiger partial charge in [-0.3, -0.25) is 9.59 Å². The molecule has 2 rings (SSSR count). The zero-order chi connectivity index (χ0) is 22.1. The molecule has 0 spiro atoms. The van der Waals surface area contributed by atoms with Gasteiger partial charge in [-0.15, -0.1) is 0 Å². The molecule has 0 aliphatic heterocycles. The van der Waals surface area contributed by atoms with Crippen LogP contribution in [0.3, 0.4) is 0 Å². The first-order chi connectivity index (χ1) is 14.5. The Morgan fingerprint density at radius 2 is 1.47 bits per heavy atom.